The van der Waals surface area contributed by atoms with Crippen LogP contribution in [0.4, 0.5) is 4.79 Å². The summed E-state index contributed by atoms with van der Waals surface area (Å²) in [5, 5.41) is 13.6. The van der Waals surface area contributed by atoms with Gasteiger partial charge in [-0.3, -0.25) is 0 Å². The van der Waals surface area contributed by atoms with Crippen molar-refractivity contribution in [2.24, 2.45) is 5.73 Å². The van der Waals surface area contributed by atoms with E-state index in [0.29, 0.717) is 19.3 Å². The Bertz CT molecular complexity index is 714. The molecule has 152 valence electrons. The number of benzene rings is 2. The summed E-state index contributed by atoms with van der Waals surface area (Å²) in [7, 11) is 0. The highest BCUT2D eigenvalue weighted by atomic mass is 16.6. The van der Waals surface area contributed by atoms with Gasteiger partial charge in [0.25, 0.3) is 0 Å². The standard InChI is InChI=1S/C23H32N2O3/c1-23(2,3)28-22(27)25-19(14-17-10-6-4-7-11-17)16-21(26)20(24)15-18-12-8-5-9-13-18/h4-13,19-21,26H,14-16,24H2,1-3H3,(H,25,27)/t19-,20+,21-/m1/s1. The molecule has 0 aromatic heterocycles. The van der Waals surface area contributed by atoms with Crippen molar-refractivity contribution < 1.29 is 14.6 Å². The van der Waals surface area contributed by atoms with Gasteiger partial charge in [0, 0.05) is 12.1 Å². The smallest absolute Gasteiger partial charge is 0.407 e. The van der Waals surface area contributed by atoms with Crippen molar-refractivity contribution >= 4 is 6.09 Å². The lowest BCUT2D eigenvalue weighted by molar-refractivity contribution is 0.0475. The second-order valence-corrected chi connectivity index (χ2v) is 8.19. The van der Waals surface area contributed by atoms with E-state index < -0.39 is 23.8 Å². The third-order valence-electron chi connectivity index (χ3n) is 4.38. The molecule has 0 aliphatic carbocycles. The summed E-state index contributed by atoms with van der Waals surface area (Å²) in [4.78, 5) is 12.3. The van der Waals surface area contributed by atoms with E-state index in [4.69, 9.17) is 10.5 Å². The van der Waals surface area contributed by atoms with Crippen LogP contribution in [0.15, 0.2) is 60.7 Å². The minimum atomic E-state index is -0.746. The molecule has 5 heteroatoms. The van der Waals surface area contributed by atoms with Gasteiger partial charge < -0.3 is 20.9 Å². The summed E-state index contributed by atoms with van der Waals surface area (Å²) in [5.74, 6) is 0. The summed E-state index contributed by atoms with van der Waals surface area (Å²) in [6, 6.07) is 19.0. The van der Waals surface area contributed by atoms with Gasteiger partial charge in [0.2, 0.25) is 0 Å². The van der Waals surface area contributed by atoms with Crippen molar-refractivity contribution in [2.45, 2.75) is 63.8 Å². The van der Waals surface area contributed by atoms with E-state index in [1.54, 1.807) is 0 Å². The summed E-state index contributed by atoms with van der Waals surface area (Å²) in [5.41, 5.74) is 7.80. The zero-order valence-corrected chi connectivity index (χ0v) is 17.0. The first-order valence-corrected chi connectivity index (χ1v) is 9.74. The number of ether oxygens (including phenoxy) is 1. The molecule has 0 unspecified atom stereocenters. The van der Waals surface area contributed by atoms with Gasteiger partial charge in [-0.1, -0.05) is 60.7 Å². The molecule has 2 aromatic rings. The molecule has 0 heterocycles. The van der Waals surface area contributed by atoms with Gasteiger partial charge in [0.1, 0.15) is 5.60 Å². The van der Waals surface area contributed by atoms with Crippen molar-refractivity contribution in [2.75, 3.05) is 0 Å². The zero-order valence-electron chi connectivity index (χ0n) is 17.0. The number of amides is 1. The molecule has 0 spiro atoms. The second-order valence-electron chi connectivity index (χ2n) is 8.19. The number of carbonyl (C=O) groups is 1. The third kappa shape index (κ3) is 8.11. The fraction of sp³-hybridized carbons (Fsp3) is 0.435. The molecule has 0 radical (unpaired) electrons. The van der Waals surface area contributed by atoms with Crippen molar-refractivity contribution in [1.82, 2.24) is 5.32 Å². The average Bonchev–Trinajstić information content (AvgIpc) is 2.61. The van der Waals surface area contributed by atoms with Gasteiger partial charge in [0.15, 0.2) is 0 Å². The van der Waals surface area contributed by atoms with Crippen LogP contribution in [0.3, 0.4) is 0 Å². The van der Waals surface area contributed by atoms with Gasteiger partial charge in [-0.25, -0.2) is 4.79 Å². The number of carbonyl (C=O) groups excluding carboxylic acids is 1. The van der Waals surface area contributed by atoms with Gasteiger partial charge in [-0.05, 0) is 51.2 Å². The molecule has 1 amide bonds. The molecule has 2 rings (SSSR count). The fourth-order valence-electron chi connectivity index (χ4n) is 3.05. The maximum Gasteiger partial charge on any atom is 0.407 e. The number of hydrogen-bond donors (Lipinski definition) is 3. The van der Waals surface area contributed by atoms with Crippen LogP contribution in [0.2, 0.25) is 0 Å². The molecule has 0 fully saturated rings. The summed E-state index contributed by atoms with van der Waals surface area (Å²) in [6.45, 7) is 5.47. The van der Waals surface area contributed by atoms with Crippen molar-refractivity contribution in [1.29, 1.82) is 0 Å². The molecule has 0 saturated heterocycles. The minimum absolute atomic E-state index is 0.283. The monoisotopic (exact) mass is 384 g/mol. The largest absolute Gasteiger partial charge is 0.444 e. The lowest BCUT2D eigenvalue weighted by Gasteiger charge is -2.27. The van der Waals surface area contributed by atoms with E-state index in [0.717, 1.165) is 11.1 Å². The molecule has 28 heavy (non-hydrogen) atoms. The first kappa shape index (κ1) is 21.9. The zero-order chi connectivity index (χ0) is 20.6. The van der Waals surface area contributed by atoms with Crippen LogP contribution in [0, 0.1) is 0 Å². The van der Waals surface area contributed by atoms with Crippen molar-refractivity contribution in [3.05, 3.63) is 71.8 Å². The lowest BCUT2D eigenvalue weighted by atomic mass is 9.94. The quantitative estimate of drug-likeness (QED) is 0.651. The Labute approximate surface area is 167 Å². The summed E-state index contributed by atoms with van der Waals surface area (Å²) < 4.78 is 5.38. The van der Waals surface area contributed by atoms with Gasteiger partial charge in [0.05, 0.1) is 6.10 Å². The summed E-state index contributed by atoms with van der Waals surface area (Å²) >= 11 is 0. The van der Waals surface area contributed by atoms with E-state index in [9.17, 15) is 9.90 Å². The van der Waals surface area contributed by atoms with Crippen LogP contribution in [0.1, 0.15) is 38.3 Å². The second kappa shape index (κ2) is 10.2. The van der Waals surface area contributed by atoms with E-state index >= 15 is 0 Å². The van der Waals surface area contributed by atoms with Crippen LogP contribution in [0.5, 0.6) is 0 Å². The molecule has 3 atom stereocenters. The average molecular weight is 385 g/mol. The van der Waals surface area contributed by atoms with Gasteiger partial charge in [-0.15, -0.1) is 0 Å². The molecule has 0 aliphatic rings. The van der Waals surface area contributed by atoms with Crippen molar-refractivity contribution in [3.63, 3.8) is 0 Å². The predicted molar refractivity (Wildman–Crippen MR) is 112 cm³/mol. The first-order valence-electron chi connectivity index (χ1n) is 9.74. The van der Waals surface area contributed by atoms with E-state index in [2.05, 4.69) is 5.32 Å². The normalized spacial score (nSPS) is 14.8. The van der Waals surface area contributed by atoms with Crippen molar-refractivity contribution in [3.8, 4) is 0 Å². The number of nitrogens with two attached hydrogens (primary N) is 1. The van der Waals surface area contributed by atoms with Crippen LogP contribution >= 0.6 is 0 Å². The first-order chi connectivity index (χ1) is 13.2. The highest BCUT2D eigenvalue weighted by molar-refractivity contribution is 5.68. The Morgan fingerprint density at radius 1 is 1.00 bits per heavy atom. The SMILES string of the molecule is CC(C)(C)OC(=O)N[C@H](Cc1ccccc1)C[C@@H](O)[C@@H](N)Cc1ccccc1. The van der Waals surface area contributed by atoms with Crippen LogP contribution in [-0.4, -0.2) is 35.0 Å². The lowest BCUT2D eigenvalue weighted by Crippen LogP contribution is -2.46. The van der Waals surface area contributed by atoms with Gasteiger partial charge in [-0.2, -0.15) is 0 Å². The molecular formula is C23H32N2O3. The number of aliphatic hydroxyl groups excluding tert-OH is 1. The highest BCUT2D eigenvalue weighted by Crippen LogP contribution is 2.14. The molecule has 5 nitrogen and oxygen atoms in total. The van der Waals surface area contributed by atoms with Crippen LogP contribution < -0.4 is 11.1 Å². The molecular weight excluding hydrogens is 352 g/mol. The fourth-order valence-corrected chi connectivity index (χ4v) is 3.05. The Morgan fingerprint density at radius 2 is 1.50 bits per heavy atom. The molecule has 4 N–H and O–H groups in total. The Kier molecular flexibility index (Phi) is 8.03. The van der Waals surface area contributed by atoms with E-state index in [-0.39, 0.29) is 6.04 Å². The molecule has 2 aromatic carbocycles. The number of aliphatic hydroxyl groups is 1. The number of hydrogen-bond acceptors (Lipinski definition) is 4. The Morgan fingerprint density at radius 3 is 2.00 bits per heavy atom. The maximum atomic E-state index is 12.3. The summed E-state index contributed by atoms with van der Waals surface area (Å²) in [6.07, 6.45) is 0.283. The Hall–Kier alpha value is -2.37. The predicted octanol–water partition coefficient (Wildman–Crippen LogP) is 3.44. The van der Waals surface area contributed by atoms with E-state index in [1.807, 2.05) is 81.4 Å². The topological polar surface area (TPSA) is 84.6 Å². The molecule has 0 saturated carbocycles. The van der Waals surface area contributed by atoms with Crippen LogP contribution in [0.25, 0.3) is 0 Å². The Balaban J connectivity index is 2.01. The highest BCUT2D eigenvalue weighted by Gasteiger charge is 2.24. The third-order valence-corrected chi connectivity index (χ3v) is 4.38. The van der Waals surface area contributed by atoms with Gasteiger partial charge >= 0.3 is 6.09 Å². The number of nitrogens with one attached hydrogen (secondary N) is 1. The molecule has 0 aliphatic heterocycles. The number of alkyl carbamates (subject to hydrolysis) is 1. The number of rotatable bonds is 8. The minimum Gasteiger partial charge on any atom is -0.444 e. The molecule has 0 bridgehead atoms. The van der Waals surface area contributed by atoms with E-state index in [1.165, 1.54) is 0 Å². The maximum absolute atomic E-state index is 12.3. The van der Waals surface area contributed by atoms with Crippen LogP contribution in [-0.2, 0) is 17.6 Å².